The Balaban J connectivity index is 2.28. The van der Waals surface area contributed by atoms with E-state index in [1.807, 2.05) is 0 Å². The molecule has 3 nitrogen and oxygen atoms in total. The predicted molar refractivity (Wildman–Crippen MR) is 93.6 cm³/mol. The standard InChI is InChI=1S/C18H30NO2Si/c1-17(2,3)22(6,7)21-19-14-16(13-18(4,5)20-19)15-11-9-8-10-12-15/h8-12,14,16H,13H2,1-7H3/q+1. The van der Waals surface area contributed by atoms with Crippen molar-refractivity contribution < 1.29 is 14.3 Å². The van der Waals surface area contributed by atoms with E-state index in [1.165, 1.54) is 5.56 Å². The Morgan fingerprint density at radius 1 is 1.18 bits per heavy atom. The van der Waals surface area contributed by atoms with Crippen molar-refractivity contribution in [3.05, 3.63) is 35.9 Å². The summed E-state index contributed by atoms with van der Waals surface area (Å²) in [6.07, 6.45) is 3.04. The van der Waals surface area contributed by atoms with Gasteiger partial charge in [0.2, 0.25) is 0 Å². The second-order valence-corrected chi connectivity index (χ2v) is 13.1. The SMILES string of the molecule is CC1(C)CC(c2ccccc2)C=[N+](O[Si](C)(C)C(C)(C)C)O1. The number of benzene rings is 1. The number of hydrogen-bond donors (Lipinski definition) is 0. The van der Waals surface area contributed by atoms with Gasteiger partial charge in [-0.1, -0.05) is 51.1 Å². The van der Waals surface area contributed by atoms with Crippen LogP contribution in [0.4, 0.5) is 0 Å². The van der Waals surface area contributed by atoms with Crippen molar-refractivity contribution in [1.29, 1.82) is 0 Å². The quantitative estimate of drug-likeness (QED) is 0.738. The molecule has 0 radical (unpaired) electrons. The summed E-state index contributed by atoms with van der Waals surface area (Å²) in [4.78, 5) is 7.70. The number of nitrogens with zero attached hydrogens (tertiary/aromatic N) is 1. The minimum absolute atomic E-state index is 0.147. The number of rotatable bonds is 3. The molecule has 0 amide bonds. The maximum atomic E-state index is 6.33. The third-order valence-corrected chi connectivity index (χ3v) is 8.95. The molecule has 0 saturated carbocycles. The summed E-state index contributed by atoms with van der Waals surface area (Å²) in [7, 11) is -1.92. The van der Waals surface area contributed by atoms with Gasteiger partial charge in [-0.15, -0.1) is 0 Å². The summed E-state index contributed by atoms with van der Waals surface area (Å²) >= 11 is 0. The van der Waals surface area contributed by atoms with Gasteiger partial charge in [0.05, 0.1) is 5.92 Å². The zero-order valence-corrected chi connectivity index (χ0v) is 16.0. The molecule has 4 heteroatoms. The van der Waals surface area contributed by atoms with E-state index in [0.717, 1.165) is 6.42 Å². The maximum Gasteiger partial charge on any atom is 0.351 e. The fraction of sp³-hybridized carbons (Fsp3) is 0.611. The monoisotopic (exact) mass is 320 g/mol. The first-order valence-corrected chi connectivity index (χ1v) is 11.0. The third-order valence-electron chi connectivity index (χ3n) is 4.70. The van der Waals surface area contributed by atoms with Crippen LogP contribution in [-0.2, 0) is 9.36 Å². The molecular formula is C18H30NO2Si+. The molecule has 1 aliphatic heterocycles. The minimum Gasteiger partial charge on any atom is -0.305 e. The molecule has 1 unspecified atom stereocenters. The van der Waals surface area contributed by atoms with Crippen LogP contribution >= 0.6 is 0 Å². The van der Waals surface area contributed by atoms with E-state index in [4.69, 9.17) is 9.36 Å². The largest absolute Gasteiger partial charge is 0.351 e. The van der Waals surface area contributed by atoms with Gasteiger partial charge in [-0.25, -0.2) is 4.84 Å². The molecule has 1 aromatic carbocycles. The molecule has 2 rings (SSSR count). The zero-order chi connectivity index (χ0) is 16.6. The molecule has 0 aliphatic carbocycles. The lowest BCUT2D eigenvalue weighted by Gasteiger charge is -2.34. The summed E-state index contributed by atoms with van der Waals surface area (Å²) in [5, 5.41) is 0.147. The molecule has 0 N–H and O–H groups in total. The first-order valence-electron chi connectivity index (χ1n) is 8.08. The summed E-state index contributed by atoms with van der Waals surface area (Å²) < 4.78 is 6.33. The summed E-state index contributed by atoms with van der Waals surface area (Å²) in [6.45, 7) is 15.4. The molecule has 1 heterocycles. The zero-order valence-electron chi connectivity index (χ0n) is 15.0. The van der Waals surface area contributed by atoms with Crippen LogP contribution in [0.3, 0.4) is 0 Å². The van der Waals surface area contributed by atoms with Crippen molar-refractivity contribution in [1.82, 2.24) is 0 Å². The smallest absolute Gasteiger partial charge is 0.305 e. The van der Waals surface area contributed by atoms with Gasteiger partial charge in [0.25, 0.3) is 6.21 Å². The van der Waals surface area contributed by atoms with E-state index in [9.17, 15) is 0 Å². The fourth-order valence-corrected chi connectivity index (χ4v) is 3.18. The molecule has 1 atom stereocenters. The van der Waals surface area contributed by atoms with E-state index in [2.05, 4.69) is 84.3 Å². The lowest BCUT2D eigenvalue weighted by molar-refractivity contribution is -0.959. The van der Waals surface area contributed by atoms with Gasteiger partial charge in [-0.05, 0) is 37.5 Å². The first-order chi connectivity index (χ1) is 10.0. The van der Waals surface area contributed by atoms with Gasteiger partial charge >= 0.3 is 8.32 Å². The van der Waals surface area contributed by atoms with Gasteiger partial charge in [0.15, 0.2) is 10.5 Å². The molecule has 22 heavy (non-hydrogen) atoms. The van der Waals surface area contributed by atoms with Crippen molar-refractivity contribution in [2.45, 2.75) is 70.7 Å². The van der Waals surface area contributed by atoms with E-state index >= 15 is 0 Å². The summed E-state index contributed by atoms with van der Waals surface area (Å²) in [5.41, 5.74) is 1.07. The Kier molecular flexibility index (Phi) is 4.44. The van der Waals surface area contributed by atoms with Gasteiger partial charge < -0.3 is 4.53 Å². The van der Waals surface area contributed by atoms with Gasteiger partial charge in [-0.2, -0.15) is 0 Å². The van der Waals surface area contributed by atoms with Crippen LogP contribution in [0.2, 0.25) is 18.1 Å². The Labute approximate surface area is 136 Å². The summed E-state index contributed by atoms with van der Waals surface area (Å²) in [5.74, 6) is 0.315. The van der Waals surface area contributed by atoms with Crippen molar-refractivity contribution in [3.8, 4) is 0 Å². The highest BCUT2D eigenvalue weighted by atomic mass is 28.4. The Morgan fingerprint density at radius 3 is 2.32 bits per heavy atom. The van der Waals surface area contributed by atoms with E-state index in [0.29, 0.717) is 5.92 Å². The highest BCUT2D eigenvalue weighted by Gasteiger charge is 2.48. The van der Waals surface area contributed by atoms with Gasteiger partial charge in [0, 0.05) is 6.42 Å². The van der Waals surface area contributed by atoms with Crippen LogP contribution < -0.4 is 0 Å². The molecular weight excluding hydrogens is 290 g/mol. The van der Waals surface area contributed by atoms with Gasteiger partial charge in [-0.3, -0.25) is 0 Å². The molecule has 0 bridgehead atoms. The summed E-state index contributed by atoms with van der Waals surface area (Å²) in [6, 6.07) is 10.6. The van der Waals surface area contributed by atoms with Crippen LogP contribution in [0, 0.1) is 0 Å². The van der Waals surface area contributed by atoms with Gasteiger partial charge in [0.1, 0.15) is 0 Å². The third kappa shape index (κ3) is 3.91. The van der Waals surface area contributed by atoms with Crippen molar-refractivity contribution in [2.75, 3.05) is 0 Å². The highest BCUT2D eigenvalue weighted by molar-refractivity contribution is 6.73. The topological polar surface area (TPSA) is 21.5 Å². The highest BCUT2D eigenvalue weighted by Crippen LogP contribution is 2.38. The van der Waals surface area contributed by atoms with Crippen molar-refractivity contribution in [3.63, 3.8) is 0 Å². The van der Waals surface area contributed by atoms with Crippen LogP contribution in [0.25, 0.3) is 0 Å². The second-order valence-electron chi connectivity index (χ2n) is 8.36. The maximum absolute atomic E-state index is 6.33. The molecule has 0 saturated heterocycles. The van der Waals surface area contributed by atoms with E-state index < -0.39 is 8.32 Å². The minimum atomic E-state index is -1.92. The Bertz CT molecular complexity index is 544. The lowest BCUT2D eigenvalue weighted by atomic mass is 9.88. The molecule has 122 valence electrons. The molecule has 0 fully saturated rings. The van der Waals surface area contributed by atoms with Crippen LogP contribution in [0.15, 0.2) is 30.3 Å². The molecule has 1 aliphatic rings. The van der Waals surface area contributed by atoms with E-state index in [-0.39, 0.29) is 10.6 Å². The molecule has 1 aromatic rings. The fourth-order valence-electron chi connectivity index (χ4n) is 2.36. The predicted octanol–water partition coefficient (Wildman–Crippen LogP) is 4.90. The normalized spacial score (nSPS) is 21.8. The van der Waals surface area contributed by atoms with Crippen molar-refractivity contribution >= 4 is 14.5 Å². The number of hydrogen-bond acceptors (Lipinski definition) is 2. The average Bonchev–Trinajstić information content (AvgIpc) is 2.36. The molecule has 0 aromatic heterocycles. The average molecular weight is 321 g/mol. The second kappa shape index (κ2) is 5.73. The van der Waals surface area contributed by atoms with Crippen LogP contribution in [-0.4, -0.2) is 25.0 Å². The van der Waals surface area contributed by atoms with E-state index in [1.54, 1.807) is 4.90 Å². The Hall–Kier alpha value is -1.29. The first kappa shape index (κ1) is 17.1. The van der Waals surface area contributed by atoms with Crippen molar-refractivity contribution in [2.24, 2.45) is 0 Å². The van der Waals surface area contributed by atoms with Crippen LogP contribution in [0.1, 0.15) is 52.5 Å². The Morgan fingerprint density at radius 2 is 1.77 bits per heavy atom. The van der Waals surface area contributed by atoms with Crippen LogP contribution in [0.5, 0.6) is 0 Å². The molecule has 0 spiro atoms. The lowest BCUT2D eigenvalue weighted by Crippen LogP contribution is -2.48.